The lowest BCUT2D eigenvalue weighted by atomic mass is 10.1. The van der Waals surface area contributed by atoms with E-state index in [0.29, 0.717) is 30.3 Å². The van der Waals surface area contributed by atoms with E-state index in [0.717, 1.165) is 70.6 Å². The Kier molecular flexibility index (Phi) is 38.6. The van der Waals surface area contributed by atoms with Gasteiger partial charge in [0.15, 0.2) is 11.9 Å². The number of nitrogens with zero attached hydrogens (tertiary/aromatic N) is 1. The Labute approximate surface area is 361 Å². The lowest BCUT2D eigenvalue weighted by molar-refractivity contribution is -0.870. The van der Waals surface area contributed by atoms with Crippen molar-refractivity contribution in [1.82, 2.24) is 0 Å². The number of hydrogen-bond acceptors (Lipinski definition) is 9. The predicted octanol–water partition coefficient (Wildman–Crippen LogP) is 12.2. The highest BCUT2D eigenvalue weighted by molar-refractivity contribution is 7.45. The summed E-state index contributed by atoms with van der Waals surface area (Å²) in [5.74, 6) is -0.721. The second kappa shape index (κ2) is 40.0. The van der Waals surface area contributed by atoms with Crippen molar-refractivity contribution in [3.05, 3.63) is 36.5 Å². The molecule has 0 fully saturated rings. The minimum absolute atomic E-state index is 0.0471. The highest BCUT2D eigenvalue weighted by atomic mass is 31.2. The highest BCUT2D eigenvalue weighted by Crippen LogP contribution is 2.38. The van der Waals surface area contributed by atoms with Crippen LogP contribution in [0.3, 0.4) is 0 Å². The molecule has 11 heteroatoms. The van der Waals surface area contributed by atoms with Gasteiger partial charge in [-0.3, -0.25) is 18.9 Å². The number of ether oxygens (including phenoxy) is 2. The van der Waals surface area contributed by atoms with Crippen LogP contribution in [0.1, 0.15) is 200 Å². The molecule has 0 aliphatic heterocycles. The number of ketones is 1. The van der Waals surface area contributed by atoms with Crippen LogP contribution in [0.5, 0.6) is 0 Å². The van der Waals surface area contributed by atoms with E-state index >= 15 is 0 Å². The van der Waals surface area contributed by atoms with E-state index in [-0.39, 0.29) is 31.8 Å². The molecule has 0 saturated heterocycles. The summed E-state index contributed by atoms with van der Waals surface area (Å²) in [4.78, 5) is 49.4. The van der Waals surface area contributed by atoms with Gasteiger partial charge in [-0.05, 0) is 63.9 Å². The lowest BCUT2D eigenvalue weighted by Gasteiger charge is -2.28. The van der Waals surface area contributed by atoms with Gasteiger partial charge in [-0.15, -0.1) is 0 Å². The van der Waals surface area contributed by atoms with E-state index in [4.69, 9.17) is 18.5 Å². The van der Waals surface area contributed by atoms with Crippen LogP contribution in [0.2, 0.25) is 0 Å². The van der Waals surface area contributed by atoms with E-state index in [1.807, 2.05) is 33.3 Å². The number of esters is 2. The van der Waals surface area contributed by atoms with Gasteiger partial charge in [-0.25, -0.2) is 0 Å². The van der Waals surface area contributed by atoms with Gasteiger partial charge in [0.05, 0.1) is 27.7 Å². The normalized spacial score (nSPS) is 13.7. The van der Waals surface area contributed by atoms with E-state index in [1.165, 1.54) is 83.5 Å². The zero-order valence-electron chi connectivity index (χ0n) is 38.4. The van der Waals surface area contributed by atoms with Crippen molar-refractivity contribution in [1.29, 1.82) is 0 Å². The van der Waals surface area contributed by atoms with Crippen LogP contribution in [0.15, 0.2) is 36.5 Å². The summed E-state index contributed by atoms with van der Waals surface area (Å²) < 4.78 is 33.9. The molecule has 0 N–H and O–H groups in total. The number of allylic oxidation sites excluding steroid dienone is 6. The Morgan fingerprint density at radius 3 is 1.56 bits per heavy atom. The van der Waals surface area contributed by atoms with Crippen LogP contribution in [0, 0.1) is 0 Å². The van der Waals surface area contributed by atoms with Crippen molar-refractivity contribution in [3.8, 4) is 0 Å². The third kappa shape index (κ3) is 43.8. The molecule has 0 aliphatic carbocycles. The summed E-state index contributed by atoms with van der Waals surface area (Å²) in [6.07, 6.45) is 41.5. The monoisotopic (exact) mass is 854 g/mol. The summed E-state index contributed by atoms with van der Waals surface area (Å²) in [6.45, 7) is 4.02. The fraction of sp³-hybridized carbons (Fsp3) is 0.812. The molecule has 59 heavy (non-hydrogen) atoms. The summed E-state index contributed by atoms with van der Waals surface area (Å²) in [6, 6.07) is 0. The van der Waals surface area contributed by atoms with Crippen molar-refractivity contribution < 1.29 is 46.8 Å². The van der Waals surface area contributed by atoms with Crippen LogP contribution in [-0.4, -0.2) is 75.8 Å². The van der Waals surface area contributed by atoms with Crippen LogP contribution in [-0.2, 0) is 37.5 Å². The van der Waals surface area contributed by atoms with Gasteiger partial charge in [-0.1, -0.05) is 153 Å². The number of unbranched alkanes of at least 4 members (excludes halogenated alkanes) is 22. The number of likely N-dealkylation sites (N-methyl/N-ethyl adjacent to an activating group) is 1. The summed E-state index contributed by atoms with van der Waals surface area (Å²) >= 11 is 0. The number of quaternary nitrogens is 1. The molecule has 2 atom stereocenters. The van der Waals surface area contributed by atoms with Gasteiger partial charge in [0, 0.05) is 19.3 Å². The highest BCUT2D eigenvalue weighted by Gasteiger charge is 2.21. The van der Waals surface area contributed by atoms with E-state index < -0.39 is 32.5 Å². The number of hydrogen-bond donors (Lipinski definition) is 0. The predicted molar refractivity (Wildman–Crippen MR) is 241 cm³/mol. The van der Waals surface area contributed by atoms with Gasteiger partial charge in [0.1, 0.15) is 19.8 Å². The first kappa shape index (κ1) is 56.9. The van der Waals surface area contributed by atoms with Crippen LogP contribution in [0.4, 0.5) is 0 Å². The number of phosphoric ester groups is 1. The number of rotatable bonds is 43. The molecule has 0 aliphatic rings. The summed E-state index contributed by atoms with van der Waals surface area (Å²) in [5, 5.41) is 0. The SMILES string of the molecule is CCCCCCCC/C=C\CCCCCCCCCCCC(=O)OC[C@H](COP(=O)([O-])OCC[N+](C)(C)C)OC(=O)CCCCCCC/C=C\C=C\C(=O)CCCCC. The Morgan fingerprint density at radius 2 is 1.02 bits per heavy atom. The van der Waals surface area contributed by atoms with Gasteiger partial charge in [0.2, 0.25) is 0 Å². The van der Waals surface area contributed by atoms with Crippen LogP contribution >= 0.6 is 7.82 Å². The first-order chi connectivity index (χ1) is 28.4. The van der Waals surface area contributed by atoms with Crippen molar-refractivity contribution in [2.24, 2.45) is 0 Å². The minimum atomic E-state index is -4.65. The van der Waals surface area contributed by atoms with E-state index in [9.17, 15) is 23.8 Å². The maximum Gasteiger partial charge on any atom is 0.306 e. The maximum atomic E-state index is 12.7. The lowest BCUT2D eigenvalue weighted by Crippen LogP contribution is -2.37. The minimum Gasteiger partial charge on any atom is -0.756 e. The van der Waals surface area contributed by atoms with Crippen LogP contribution in [0.25, 0.3) is 0 Å². The van der Waals surface area contributed by atoms with Crippen LogP contribution < -0.4 is 4.89 Å². The van der Waals surface area contributed by atoms with Gasteiger partial charge in [-0.2, -0.15) is 0 Å². The number of carbonyl (C=O) groups is 3. The Bertz CT molecular complexity index is 1160. The molecule has 0 spiro atoms. The average Bonchev–Trinajstić information content (AvgIpc) is 3.18. The van der Waals surface area contributed by atoms with Crippen molar-refractivity contribution in [2.75, 3.05) is 47.5 Å². The average molecular weight is 854 g/mol. The standard InChI is InChI=1S/C48H88NO9P/c1-6-8-10-11-12-13-14-15-16-17-18-19-20-21-22-25-28-31-35-39-47(51)55-43-46(44-57-59(53,54)56-42-41-49(3,4)5)58-48(52)40-36-32-29-26-23-24-27-30-34-38-45(50)37-33-9-7-2/h15-16,27,30,34,38,46H,6-14,17-26,28-29,31-33,35-37,39-44H2,1-5H3/b16-15-,30-27-,38-34+/t46-/m1/s1. The molecule has 0 radical (unpaired) electrons. The Morgan fingerprint density at radius 1 is 0.559 bits per heavy atom. The first-order valence-corrected chi connectivity index (χ1v) is 25.1. The van der Waals surface area contributed by atoms with E-state index in [2.05, 4.69) is 32.1 Å². The molecule has 0 aromatic carbocycles. The number of phosphoric acid groups is 1. The van der Waals surface area contributed by atoms with Crippen molar-refractivity contribution >= 4 is 25.5 Å². The zero-order chi connectivity index (χ0) is 43.7. The molecule has 1 unspecified atom stereocenters. The van der Waals surface area contributed by atoms with Crippen molar-refractivity contribution in [3.63, 3.8) is 0 Å². The first-order valence-electron chi connectivity index (χ1n) is 23.6. The Hall–Kier alpha value is -2.10. The molecule has 344 valence electrons. The van der Waals surface area contributed by atoms with E-state index in [1.54, 1.807) is 6.08 Å². The second-order valence-corrected chi connectivity index (χ2v) is 18.6. The fourth-order valence-corrected chi connectivity index (χ4v) is 7.07. The smallest absolute Gasteiger partial charge is 0.306 e. The third-order valence-corrected chi connectivity index (χ3v) is 11.1. The molecule has 0 heterocycles. The van der Waals surface area contributed by atoms with Gasteiger partial charge in [0.25, 0.3) is 7.82 Å². The largest absolute Gasteiger partial charge is 0.756 e. The molecule has 0 amide bonds. The molecule has 0 aromatic heterocycles. The molecule has 0 rings (SSSR count). The molecule has 0 aromatic rings. The van der Waals surface area contributed by atoms with Gasteiger partial charge >= 0.3 is 11.9 Å². The molecular formula is C48H88NO9P. The summed E-state index contributed by atoms with van der Waals surface area (Å²) in [7, 11) is 1.11. The molecule has 0 saturated carbocycles. The second-order valence-electron chi connectivity index (χ2n) is 17.2. The van der Waals surface area contributed by atoms with Gasteiger partial charge < -0.3 is 27.9 Å². The zero-order valence-corrected chi connectivity index (χ0v) is 39.3. The topological polar surface area (TPSA) is 128 Å². The Balaban J connectivity index is 4.35. The number of carbonyl (C=O) groups excluding carboxylic acids is 3. The van der Waals surface area contributed by atoms with Crippen molar-refractivity contribution in [2.45, 2.75) is 206 Å². The quantitative estimate of drug-likeness (QED) is 0.0112. The molecule has 0 bridgehead atoms. The maximum absolute atomic E-state index is 12.7. The molecular weight excluding hydrogens is 765 g/mol. The molecule has 10 nitrogen and oxygen atoms in total. The fourth-order valence-electron chi connectivity index (χ4n) is 6.34. The summed E-state index contributed by atoms with van der Waals surface area (Å²) in [5.41, 5.74) is 0. The third-order valence-electron chi connectivity index (χ3n) is 10.1.